The summed E-state index contributed by atoms with van der Waals surface area (Å²) in [6.45, 7) is 6.17. The van der Waals surface area contributed by atoms with E-state index in [4.69, 9.17) is 0 Å². The zero-order chi connectivity index (χ0) is 17.3. The van der Waals surface area contributed by atoms with Crippen LogP contribution >= 0.6 is 0 Å². The highest BCUT2D eigenvalue weighted by Crippen LogP contribution is 2.25. The second-order valence-electron chi connectivity index (χ2n) is 7.26. The Morgan fingerprint density at radius 2 is 1.96 bits per heavy atom. The van der Waals surface area contributed by atoms with Crippen LogP contribution in [0.3, 0.4) is 0 Å². The molecule has 3 rings (SSSR count). The van der Waals surface area contributed by atoms with Gasteiger partial charge in [-0.3, -0.25) is 9.48 Å². The molecule has 0 aliphatic heterocycles. The first-order valence-electron chi connectivity index (χ1n) is 8.20. The molecule has 5 nitrogen and oxygen atoms in total. The van der Waals surface area contributed by atoms with E-state index in [-0.39, 0.29) is 23.3 Å². The van der Waals surface area contributed by atoms with Crippen LogP contribution in [0.4, 0.5) is 10.1 Å². The number of rotatable bonds is 5. The number of anilines is 1. The van der Waals surface area contributed by atoms with Gasteiger partial charge in [-0.2, -0.15) is 5.10 Å². The Labute approximate surface area is 141 Å². The zero-order valence-electron chi connectivity index (χ0n) is 14.2. The van der Waals surface area contributed by atoms with Gasteiger partial charge < -0.3 is 10.6 Å². The quantitative estimate of drug-likeness (QED) is 0.885. The van der Waals surface area contributed by atoms with E-state index in [0.29, 0.717) is 0 Å². The van der Waals surface area contributed by atoms with Gasteiger partial charge in [0.15, 0.2) is 0 Å². The summed E-state index contributed by atoms with van der Waals surface area (Å²) in [4.78, 5) is 12.6. The Bertz CT molecular complexity index is 713. The van der Waals surface area contributed by atoms with E-state index in [0.717, 1.165) is 24.1 Å². The van der Waals surface area contributed by atoms with Gasteiger partial charge in [0.25, 0.3) is 0 Å². The fraction of sp³-hybridized carbons (Fsp3) is 0.444. The lowest BCUT2D eigenvalue weighted by molar-refractivity contribution is -0.122. The number of carbonyl (C=O) groups excluding carboxylic acids is 1. The van der Waals surface area contributed by atoms with Crippen molar-refractivity contribution in [2.24, 2.45) is 0 Å². The molecule has 2 aromatic rings. The highest BCUT2D eigenvalue weighted by atomic mass is 19.1. The second kappa shape index (κ2) is 6.26. The number of nitrogens with one attached hydrogen (secondary N) is 2. The third kappa shape index (κ3) is 3.93. The Morgan fingerprint density at radius 1 is 1.29 bits per heavy atom. The smallest absolute Gasteiger partial charge is 0.247 e. The molecule has 1 saturated carbocycles. The molecule has 0 bridgehead atoms. The first-order chi connectivity index (χ1) is 11.3. The number of halogens is 1. The van der Waals surface area contributed by atoms with Crippen molar-refractivity contribution in [1.82, 2.24) is 15.1 Å². The average Bonchev–Trinajstić information content (AvgIpc) is 3.18. The lowest BCUT2D eigenvalue weighted by Crippen LogP contribution is -2.34. The van der Waals surface area contributed by atoms with Crippen LogP contribution in [0.1, 0.15) is 45.2 Å². The minimum Gasteiger partial charge on any atom is -0.368 e. The van der Waals surface area contributed by atoms with E-state index >= 15 is 0 Å². The SMILES string of the molecule is CC(C)(C)n1cc(NC(C(=O)NC2CC2)c2ccc(F)cc2)cn1. The van der Waals surface area contributed by atoms with E-state index in [9.17, 15) is 9.18 Å². The predicted octanol–water partition coefficient (Wildman–Crippen LogP) is 3.21. The minimum absolute atomic E-state index is 0.104. The fourth-order valence-electron chi connectivity index (χ4n) is 2.40. The van der Waals surface area contributed by atoms with Crippen molar-refractivity contribution in [3.63, 3.8) is 0 Å². The summed E-state index contributed by atoms with van der Waals surface area (Å²) in [5, 5.41) is 10.6. The maximum atomic E-state index is 13.2. The molecule has 1 aromatic carbocycles. The van der Waals surface area contributed by atoms with Crippen LogP contribution in [0, 0.1) is 5.82 Å². The van der Waals surface area contributed by atoms with Crippen LogP contribution in [0.25, 0.3) is 0 Å². The number of nitrogens with zero attached hydrogens (tertiary/aromatic N) is 2. The molecule has 1 aromatic heterocycles. The molecular weight excluding hydrogens is 307 g/mol. The zero-order valence-corrected chi connectivity index (χ0v) is 14.2. The van der Waals surface area contributed by atoms with Gasteiger partial charge in [-0.1, -0.05) is 12.1 Å². The van der Waals surface area contributed by atoms with Crippen LogP contribution in [0.2, 0.25) is 0 Å². The predicted molar refractivity (Wildman–Crippen MR) is 91.2 cm³/mol. The number of aromatic nitrogens is 2. The molecule has 1 aliphatic rings. The topological polar surface area (TPSA) is 59.0 Å². The van der Waals surface area contributed by atoms with E-state index in [1.165, 1.54) is 12.1 Å². The monoisotopic (exact) mass is 330 g/mol. The summed E-state index contributed by atoms with van der Waals surface area (Å²) in [7, 11) is 0. The Balaban J connectivity index is 1.82. The largest absolute Gasteiger partial charge is 0.368 e. The maximum absolute atomic E-state index is 13.2. The lowest BCUT2D eigenvalue weighted by Gasteiger charge is -2.20. The minimum atomic E-state index is -0.580. The van der Waals surface area contributed by atoms with Gasteiger partial charge in [0.2, 0.25) is 5.91 Å². The molecule has 1 aliphatic carbocycles. The summed E-state index contributed by atoms with van der Waals surface area (Å²) in [5.41, 5.74) is 1.34. The Morgan fingerprint density at radius 3 is 2.50 bits per heavy atom. The average molecular weight is 330 g/mol. The van der Waals surface area contributed by atoms with Crippen molar-refractivity contribution in [3.05, 3.63) is 48.0 Å². The lowest BCUT2D eigenvalue weighted by atomic mass is 10.1. The first-order valence-corrected chi connectivity index (χ1v) is 8.20. The first kappa shape index (κ1) is 16.5. The van der Waals surface area contributed by atoms with Crippen molar-refractivity contribution < 1.29 is 9.18 Å². The van der Waals surface area contributed by atoms with Crippen molar-refractivity contribution in [3.8, 4) is 0 Å². The van der Waals surface area contributed by atoms with Crippen molar-refractivity contribution in [2.45, 2.75) is 51.2 Å². The summed E-state index contributed by atoms with van der Waals surface area (Å²) < 4.78 is 15.0. The number of benzene rings is 1. The maximum Gasteiger partial charge on any atom is 0.247 e. The van der Waals surface area contributed by atoms with Crippen LogP contribution in [-0.2, 0) is 10.3 Å². The molecule has 0 saturated heterocycles. The van der Waals surface area contributed by atoms with Gasteiger partial charge in [0, 0.05) is 12.2 Å². The molecule has 1 amide bonds. The van der Waals surface area contributed by atoms with E-state index < -0.39 is 6.04 Å². The highest BCUT2D eigenvalue weighted by molar-refractivity contribution is 5.86. The molecule has 1 atom stereocenters. The van der Waals surface area contributed by atoms with Crippen LogP contribution in [0.15, 0.2) is 36.7 Å². The van der Waals surface area contributed by atoms with E-state index in [1.807, 2.05) is 10.9 Å². The number of amides is 1. The summed E-state index contributed by atoms with van der Waals surface area (Å²) >= 11 is 0. The van der Waals surface area contributed by atoms with Crippen molar-refractivity contribution >= 4 is 11.6 Å². The number of hydrogen-bond donors (Lipinski definition) is 2. The Kier molecular flexibility index (Phi) is 4.30. The third-order valence-corrected chi connectivity index (χ3v) is 3.97. The molecule has 0 spiro atoms. The molecule has 1 heterocycles. The van der Waals surface area contributed by atoms with Crippen LogP contribution < -0.4 is 10.6 Å². The van der Waals surface area contributed by atoms with Gasteiger partial charge in [0.1, 0.15) is 11.9 Å². The molecule has 1 unspecified atom stereocenters. The van der Waals surface area contributed by atoms with E-state index in [1.54, 1.807) is 18.3 Å². The van der Waals surface area contributed by atoms with Gasteiger partial charge in [-0.05, 0) is 51.3 Å². The fourth-order valence-corrected chi connectivity index (χ4v) is 2.40. The second-order valence-corrected chi connectivity index (χ2v) is 7.26. The Hall–Kier alpha value is -2.37. The summed E-state index contributed by atoms with van der Waals surface area (Å²) in [6, 6.07) is 5.68. The molecule has 24 heavy (non-hydrogen) atoms. The molecule has 1 fully saturated rings. The number of hydrogen-bond acceptors (Lipinski definition) is 3. The van der Waals surface area contributed by atoms with Crippen molar-refractivity contribution in [2.75, 3.05) is 5.32 Å². The van der Waals surface area contributed by atoms with Gasteiger partial charge in [-0.25, -0.2) is 4.39 Å². The molecule has 0 radical (unpaired) electrons. The standard InChI is InChI=1S/C18H23FN4O/c1-18(2,3)23-11-15(10-20-23)21-16(17(24)22-14-8-9-14)12-4-6-13(19)7-5-12/h4-7,10-11,14,16,21H,8-9H2,1-3H3,(H,22,24). The summed E-state index contributed by atoms with van der Waals surface area (Å²) in [5.74, 6) is -0.423. The van der Waals surface area contributed by atoms with Gasteiger partial charge >= 0.3 is 0 Å². The van der Waals surface area contributed by atoms with Crippen molar-refractivity contribution in [1.29, 1.82) is 0 Å². The van der Waals surface area contributed by atoms with E-state index in [2.05, 4.69) is 36.5 Å². The van der Waals surface area contributed by atoms with Gasteiger partial charge in [0.05, 0.1) is 17.4 Å². The molecule has 6 heteroatoms. The molecular formula is C18H23FN4O. The normalized spacial score (nSPS) is 15.8. The van der Waals surface area contributed by atoms with Crippen LogP contribution in [-0.4, -0.2) is 21.7 Å². The highest BCUT2D eigenvalue weighted by Gasteiger charge is 2.29. The van der Waals surface area contributed by atoms with Gasteiger partial charge in [-0.15, -0.1) is 0 Å². The molecule has 128 valence electrons. The van der Waals surface area contributed by atoms with Crippen LogP contribution in [0.5, 0.6) is 0 Å². The molecule has 2 N–H and O–H groups in total. The summed E-state index contributed by atoms with van der Waals surface area (Å²) in [6.07, 6.45) is 5.61. The number of carbonyl (C=O) groups is 1. The third-order valence-electron chi connectivity index (χ3n) is 3.97.